The first-order chi connectivity index (χ1) is 15.1. The molecule has 0 amide bonds. The number of aliphatic carboxylic acids is 1. The van der Waals surface area contributed by atoms with Crippen molar-refractivity contribution in [2.45, 2.75) is 73.8 Å². The molecule has 0 bridgehead atoms. The molecule has 0 saturated heterocycles. The van der Waals surface area contributed by atoms with Crippen LogP contribution in [0.5, 0.6) is 0 Å². The SMILES string of the molecule is CCCCC1=C(P(=O)(OCOC(=O)C(C)(C)C)OCOC(=O)C(C)(C)C)N[C@H](C(=O)O)CS1. The number of esters is 2. The Morgan fingerprint density at radius 3 is 1.91 bits per heavy atom. The molecular formula is C21H36NO9PS. The molecule has 2 N–H and O–H groups in total. The lowest BCUT2D eigenvalue weighted by Gasteiger charge is -2.31. The van der Waals surface area contributed by atoms with Crippen molar-refractivity contribution < 1.29 is 42.6 Å². The molecule has 1 aliphatic rings. The van der Waals surface area contributed by atoms with Gasteiger partial charge >= 0.3 is 25.5 Å². The Morgan fingerprint density at radius 2 is 1.52 bits per heavy atom. The van der Waals surface area contributed by atoms with E-state index in [2.05, 4.69) is 5.32 Å². The number of rotatable bonds is 11. The maximum Gasteiger partial charge on any atom is 0.383 e. The van der Waals surface area contributed by atoms with Gasteiger partial charge in [0.15, 0.2) is 0 Å². The van der Waals surface area contributed by atoms with E-state index >= 15 is 0 Å². The molecule has 12 heteroatoms. The molecule has 1 heterocycles. The summed E-state index contributed by atoms with van der Waals surface area (Å²) in [6, 6.07) is -1.02. The van der Waals surface area contributed by atoms with E-state index in [1.54, 1.807) is 41.5 Å². The van der Waals surface area contributed by atoms with Crippen LogP contribution in [0.3, 0.4) is 0 Å². The molecule has 0 aromatic carbocycles. The first-order valence-electron chi connectivity index (χ1n) is 10.7. The van der Waals surface area contributed by atoms with E-state index in [0.717, 1.165) is 12.8 Å². The molecular weight excluding hydrogens is 473 g/mol. The summed E-state index contributed by atoms with van der Waals surface area (Å²) in [6.45, 7) is 10.5. The topological polar surface area (TPSA) is 137 Å². The maximum absolute atomic E-state index is 13.8. The minimum atomic E-state index is -4.26. The lowest BCUT2D eigenvalue weighted by Crippen LogP contribution is -2.41. The van der Waals surface area contributed by atoms with Crippen LogP contribution in [-0.2, 0) is 37.5 Å². The summed E-state index contributed by atoms with van der Waals surface area (Å²) >= 11 is 1.25. The number of unbranched alkanes of at least 4 members (excludes halogenated alkanes) is 1. The molecule has 0 fully saturated rings. The van der Waals surface area contributed by atoms with Gasteiger partial charge in [-0.15, -0.1) is 11.8 Å². The number of ether oxygens (including phenoxy) is 2. The van der Waals surface area contributed by atoms with Crippen LogP contribution in [0.4, 0.5) is 0 Å². The van der Waals surface area contributed by atoms with Gasteiger partial charge in [-0.3, -0.25) is 23.2 Å². The molecule has 10 nitrogen and oxygen atoms in total. The molecule has 0 saturated carbocycles. The van der Waals surface area contributed by atoms with Gasteiger partial charge in [0.2, 0.25) is 13.6 Å². The van der Waals surface area contributed by atoms with Gasteiger partial charge in [0.1, 0.15) is 11.5 Å². The molecule has 0 aliphatic carbocycles. The van der Waals surface area contributed by atoms with Crippen LogP contribution >= 0.6 is 19.4 Å². The molecule has 0 aromatic heterocycles. The Balaban J connectivity index is 3.18. The minimum absolute atomic E-state index is 0.0155. The predicted octanol–water partition coefficient (Wildman–Crippen LogP) is 4.46. The van der Waals surface area contributed by atoms with Gasteiger partial charge in [0.25, 0.3) is 0 Å². The molecule has 190 valence electrons. The van der Waals surface area contributed by atoms with E-state index in [9.17, 15) is 24.1 Å². The quantitative estimate of drug-likeness (QED) is 0.232. The van der Waals surface area contributed by atoms with Gasteiger partial charge in [-0.25, -0.2) is 4.79 Å². The van der Waals surface area contributed by atoms with Crippen LogP contribution in [0, 0.1) is 10.8 Å². The fraction of sp³-hybridized carbons (Fsp3) is 0.762. The van der Waals surface area contributed by atoms with Crippen molar-refractivity contribution in [3.63, 3.8) is 0 Å². The fourth-order valence-electron chi connectivity index (χ4n) is 2.33. The van der Waals surface area contributed by atoms with Gasteiger partial charge < -0.3 is 19.9 Å². The van der Waals surface area contributed by atoms with Gasteiger partial charge in [-0.2, -0.15) is 0 Å². The average molecular weight is 510 g/mol. The van der Waals surface area contributed by atoms with E-state index in [1.165, 1.54) is 11.8 Å². The summed E-state index contributed by atoms with van der Waals surface area (Å²) in [5, 5.41) is 12.2. The number of allylic oxidation sites excluding steroid dienone is 1. The van der Waals surface area contributed by atoms with Gasteiger partial charge in [0.05, 0.1) is 10.8 Å². The highest BCUT2D eigenvalue weighted by atomic mass is 32.2. The Morgan fingerprint density at radius 1 is 1.03 bits per heavy atom. The molecule has 0 spiro atoms. The number of carbonyl (C=O) groups is 3. The van der Waals surface area contributed by atoms with Crippen molar-refractivity contribution >= 4 is 37.3 Å². The third-order valence-corrected chi connectivity index (χ3v) is 7.62. The zero-order chi connectivity index (χ0) is 25.4. The largest absolute Gasteiger partial charge is 0.480 e. The zero-order valence-electron chi connectivity index (χ0n) is 20.4. The zero-order valence-corrected chi connectivity index (χ0v) is 22.1. The molecule has 33 heavy (non-hydrogen) atoms. The third kappa shape index (κ3) is 9.31. The number of carbonyl (C=O) groups excluding carboxylic acids is 2. The van der Waals surface area contributed by atoms with Crippen molar-refractivity contribution in [1.82, 2.24) is 5.32 Å². The maximum atomic E-state index is 13.8. The Kier molecular flexibility index (Phi) is 10.9. The Labute approximate surface area is 199 Å². The van der Waals surface area contributed by atoms with Crippen molar-refractivity contribution in [2.75, 3.05) is 19.3 Å². The number of hydrogen-bond donors (Lipinski definition) is 2. The minimum Gasteiger partial charge on any atom is -0.480 e. The molecule has 0 aromatic rings. The van der Waals surface area contributed by atoms with Crippen molar-refractivity contribution in [2.24, 2.45) is 10.8 Å². The first-order valence-corrected chi connectivity index (χ1v) is 13.2. The summed E-state index contributed by atoms with van der Waals surface area (Å²) in [6.07, 6.45) is 2.15. The second-order valence-electron chi connectivity index (χ2n) is 9.58. The number of thioether (sulfide) groups is 1. The molecule has 0 unspecified atom stereocenters. The highest BCUT2D eigenvalue weighted by molar-refractivity contribution is 8.03. The highest BCUT2D eigenvalue weighted by Crippen LogP contribution is 2.59. The fourth-order valence-corrected chi connectivity index (χ4v) is 5.38. The van der Waals surface area contributed by atoms with Crippen molar-refractivity contribution in [1.29, 1.82) is 0 Å². The summed E-state index contributed by atoms with van der Waals surface area (Å²) < 4.78 is 34.8. The van der Waals surface area contributed by atoms with Gasteiger partial charge in [0, 0.05) is 10.7 Å². The second-order valence-corrected chi connectivity index (χ2v) is 12.6. The molecule has 0 radical (unpaired) electrons. The summed E-state index contributed by atoms with van der Waals surface area (Å²) in [5.41, 5.74) is -1.64. The van der Waals surface area contributed by atoms with E-state index in [1.807, 2.05) is 6.92 Å². The van der Waals surface area contributed by atoms with E-state index in [0.29, 0.717) is 11.3 Å². The number of carboxylic acid groups (broad SMARTS) is 1. The monoisotopic (exact) mass is 509 g/mol. The third-order valence-electron chi connectivity index (χ3n) is 4.38. The summed E-state index contributed by atoms with van der Waals surface area (Å²) in [7, 11) is -4.26. The van der Waals surface area contributed by atoms with Crippen LogP contribution in [-0.4, -0.2) is 48.4 Å². The van der Waals surface area contributed by atoms with Gasteiger partial charge in [-0.1, -0.05) is 13.3 Å². The van der Waals surface area contributed by atoms with Crippen LogP contribution in [0.15, 0.2) is 10.3 Å². The second kappa shape index (κ2) is 12.2. The first kappa shape index (κ1) is 29.5. The lowest BCUT2D eigenvalue weighted by molar-refractivity contribution is -0.161. The normalized spacial score (nSPS) is 17.4. The summed E-state index contributed by atoms with van der Waals surface area (Å²) in [4.78, 5) is 36.3. The number of carboxylic acids is 1. The van der Waals surface area contributed by atoms with E-state index in [-0.39, 0.29) is 11.2 Å². The summed E-state index contributed by atoms with van der Waals surface area (Å²) in [5.74, 6) is -2.06. The van der Waals surface area contributed by atoms with Crippen LogP contribution in [0.25, 0.3) is 0 Å². The Bertz CT molecular complexity index is 763. The van der Waals surface area contributed by atoms with Crippen molar-refractivity contribution in [3.05, 3.63) is 10.3 Å². The Hall–Kier alpha value is -1.55. The average Bonchev–Trinajstić information content (AvgIpc) is 2.70. The van der Waals surface area contributed by atoms with E-state index in [4.69, 9.17) is 18.5 Å². The smallest absolute Gasteiger partial charge is 0.383 e. The van der Waals surface area contributed by atoms with Crippen LogP contribution in [0.2, 0.25) is 0 Å². The highest BCUT2D eigenvalue weighted by Gasteiger charge is 2.40. The molecule has 1 aliphatic heterocycles. The molecule has 1 atom stereocenters. The standard InChI is InChI=1S/C21H36NO9PS/c1-8-9-10-15-16(22-14(11-33-15)17(23)24)32(27,30-12-28-18(25)20(2,3)4)31-13-29-19(26)21(5,6)7/h14,22H,8-13H2,1-7H3,(H,23,24)/t14-/m0/s1. The molecule has 1 rings (SSSR count). The van der Waals surface area contributed by atoms with E-state index < -0.39 is 56.0 Å². The van der Waals surface area contributed by atoms with Crippen LogP contribution < -0.4 is 5.32 Å². The van der Waals surface area contributed by atoms with Crippen LogP contribution in [0.1, 0.15) is 67.7 Å². The predicted molar refractivity (Wildman–Crippen MR) is 124 cm³/mol. The number of hydrogen-bond acceptors (Lipinski definition) is 10. The lowest BCUT2D eigenvalue weighted by atomic mass is 9.98. The number of nitrogens with one attached hydrogen (secondary N) is 1. The van der Waals surface area contributed by atoms with Gasteiger partial charge in [-0.05, 0) is 54.4 Å². The van der Waals surface area contributed by atoms with Crippen molar-refractivity contribution in [3.8, 4) is 0 Å².